The molecule has 33 heavy (non-hydrogen) atoms. The van der Waals surface area contributed by atoms with Gasteiger partial charge in [-0.15, -0.1) is 0 Å². The molecule has 1 aliphatic heterocycles. The predicted octanol–water partition coefficient (Wildman–Crippen LogP) is 5.11. The Kier molecular flexibility index (Phi) is 6.01. The standard InChI is InChI=1S/C27H26N2O4/c1-16(2)33-21-11-6-9-19(14-21)25(30)23-24(20-10-7-13-28-15-20)29(27(32)26(23)31)22-12-5-8-17(3)18(22)4/h5-16,24,30H,1-4H3/b25-23+. The summed E-state index contributed by atoms with van der Waals surface area (Å²) in [5.41, 5.74) is 3.57. The highest BCUT2D eigenvalue weighted by Gasteiger charge is 2.47. The molecule has 0 bridgehead atoms. The highest BCUT2D eigenvalue weighted by molar-refractivity contribution is 6.51. The molecular formula is C27H26N2O4. The molecule has 3 aromatic rings. The molecule has 1 fully saturated rings. The number of carbonyl (C=O) groups is 2. The first-order valence-electron chi connectivity index (χ1n) is 10.8. The van der Waals surface area contributed by atoms with Crippen LogP contribution in [0.3, 0.4) is 0 Å². The molecule has 0 aliphatic carbocycles. The molecule has 0 radical (unpaired) electrons. The first-order valence-corrected chi connectivity index (χ1v) is 10.8. The van der Waals surface area contributed by atoms with Gasteiger partial charge in [0.15, 0.2) is 0 Å². The van der Waals surface area contributed by atoms with E-state index in [2.05, 4.69) is 4.98 Å². The second-order valence-corrected chi connectivity index (χ2v) is 8.37. The number of aromatic nitrogens is 1. The van der Waals surface area contributed by atoms with Gasteiger partial charge in [0.25, 0.3) is 11.7 Å². The van der Waals surface area contributed by atoms with Gasteiger partial charge >= 0.3 is 0 Å². The lowest BCUT2D eigenvalue weighted by atomic mass is 9.95. The molecule has 1 N–H and O–H groups in total. The van der Waals surface area contributed by atoms with Crippen molar-refractivity contribution in [1.29, 1.82) is 0 Å². The minimum Gasteiger partial charge on any atom is -0.507 e. The van der Waals surface area contributed by atoms with Crippen molar-refractivity contribution in [3.8, 4) is 5.75 Å². The molecule has 2 aromatic carbocycles. The van der Waals surface area contributed by atoms with E-state index in [1.807, 2.05) is 45.9 Å². The minimum absolute atomic E-state index is 0.0237. The second kappa shape index (κ2) is 8.90. The summed E-state index contributed by atoms with van der Waals surface area (Å²) in [7, 11) is 0. The van der Waals surface area contributed by atoms with Crippen LogP contribution in [-0.4, -0.2) is 27.9 Å². The number of ether oxygens (including phenoxy) is 1. The molecule has 1 unspecified atom stereocenters. The lowest BCUT2D eigenvalue weighted by Crippen LogP contribution is -2.30. The number of nitrogens with zero attached hydrogens (tertiary/aromatic N) is 2. The van der Waals surface area contributed by atoms with Gasteiger partial charge in [-0.2, -0.15) is 0 Å². The number of aryl methyl sites for hydroxylation is 1. The Labute approximate surface area is 193 Å². The van der Waals surface area contributed by atoms with Gasteiger partial charge in [-0.1, -0.05) is 30.3 Å². The van der Waals surface area contributed by atoms with Crippen LogP contribution in [0.4, 0.5) is 5.69 Å². The largest absolute Gasteiger partial charge is 0.507 e. The first-order chi connectivity index (χ1) is 15.8. The highest BCUT2D eigenvalue weighted by Crippen LogP contribution is 2.43. The number of aliphatic hydroxyl groups excluding tert-OH is 1. The summed E-state index contributed by atoms with van der Waals surface area (Å²) in [5, 5.41) is 11.3. The second-order valence-electron chi connectivity index (χ2n) is 8.37. The van der Waals surface area contributed by atoms with Crippen LogP contribution in [0.1, 0.15) is 42.1 Å². The van der Waals surface area contributed by atoms with Crippen LogP contribution in [0, 0.1) is 13.8 Å². The lowest BCUT2D eigenvalue weighted by molar-refractivity contribution is -0.132. The molecule has 2 heterocycles. The number of benzene rings is 2. The van der Waals surface area contributed by atoms with Gasteiger partial charge in [0.2, 0.25) is 0 Å². The van der Waals surface area contributed by atoms with Crippen LogP contribution in [0.5, 0.6) is 5.75 Å². The molecule has 1 saturated heterocycles. The van der Waals surface area contributed by atoms with Crippen molar-refractivity contribution in [3.05, 3.63) is 94.8 Å². The van der Waals surface area contributed by atoms with Crippen LogP contribution >= 0.6 is 0 Å². The van der Waals surface area contributed by atoms with Gasteiger partial charge in [-0.3, -0.25) is 19.5 Å². The molecule has 4 rings (SSSR count). The number of carbonyl (C=O) groups excluding carboxylic acids is 2. The predicted molar refractivity (Wildman–Crippen MR) is 127 cm³/mol. The number of rotatable bonds is 5. The van der Waals surface area contributed by atoms with E-state index in [0.29, 0.717) is 22.6 Å². The van der Waals surface area contributed by atoms with E-state index >= 15 is 0 Å². The van der Waals surface area contributed by atoms with Crippen molar-refractivity contribution < 1.29 is 19.4 Å². The van der Waals surface area contributed by atoms with Crippen molar-refractivity contribution in [2.24, 2.45) is 0 Å². The lowest BCUT2D eigenvalue weighted by Gasteiger charge is -2.27. The fourth-order valence-electron chi connectivity index (χ4n) is 4.08. The molecule has 1 aromatic heterocycles. The molecule has 0 saturated carbocycles. The van der Waals surface area contributed by atoms with E-state index < -0.39 is 17.7 Å². The molecular weight excluding hydrogens is 416 g/mol. The third kappa shape index (κ3) is 4.12. The molecule has 1 amide bonds. The van der Waals surface area contributed by atoms with Crippen molar-refractivity contribution in [2.45, 2.75) is 39.8 Å². The highest BCUT2D eigenvalue weighted by atomic mass is 16.5. The maximum absolute atomic E-state index is 13.3. The Balaban J connectivity index is 1.93. The van der Waals surface area contributed by atoms with Gasteiger partial charge in [-0.05, 0) is 68.7 Å². The maximum Gasteiger partial charge on any atom is 0.300 e. The quantitative estimate of drug-likeness (QED) is 0.337. The smallest absolute Gasteiger partial charge is 0.300 e. The average Bonchev–Trinajstić information content (AvgIpc) is 3.06. The fraction of sp³-hybridized carbons (Fsp3) is 0.222. The molecule has 168 valence electrons. The van der Waals surface area contributed by atoms with Gasteiger partial charge in [0.05, 0.1) is 17.7 Å². The zero-order valence-corrected chi connectivity index (χ0v) is 19.1. The summed E-state index contributed by atoms with van der Waals surface area (Å²) < 4.78 is 5.74. The van der Waals surface area contributed by atoms with E-state index in [1.165, 1.54) is 4.90 Å². The van der Waals surface area contributed by atoms with Crippen molar-refractivity contribution in [1.82, 2.24) is 4.98 Å². The van der Waals surface area contributed by atoms with E-state index in [4.69, 9.17) is 4.74 Å². The Hall–Kier alpha value is -3.93. The van der Waals surface area contributed by atoms with Crippen LogP contribution in [-0.2, 0) is 9.59 Å². The van der Waals surface area contributed by atoms with Crippen molar-refractivity contribution in [2.75, 3.05) is 4.90 Å². The monoisotopic (exact) mass is 442 g/mol. The minimum atomic E-state index is -0.811. The summed E-state index contributed by atoms with van der Waals surface area (Å²) in [6.07, 6.45) is 3.19. The molecule has 1 atom stereocenters. The summed E-state index contributed by atoms with van der Waals surface area (Å²) in [6, 6.07) is 15.2. The van der Waals surface area contributed by atoms with Crippen LogP contribution in [0.15, 0.2) is 72.6 Å². The number of ketones is 1. The first kappa shape index (κ1) is 22.3. The number of hydrogen-bond donors (Lipinski definition) is 1. The van der Waals surface area contributed by atoms with Gasteiger partial charge in [-0.25, -0.2) is 0 Å². The molecule has 6 heteroatoms. The van der Waals surface area contributed by atoms with Gasteiger partial charge in [0, 0.05) is 23.6 Å². The zero-order chi connectivity index (χ0) is 23.7. The molecule has 0 spiro atoms. The zero-order valence-electron chi connectivity index (χ0n) is 19.1. The Bertz CT molecular complexity index is 1250. The SMILES string of the molecule is Cc1cccc(N2C(=O)C(=O)/C(=C(/O)c3cccc(OC(C)C)c3)C2c2cccnc2)c1C. The average molecular weight is 443 g/mol. The van der Waals surface area contributed by atoms with Gasteiger partial charge < -0.3 is 9.84 Å². The maximum atomic E-state index is 13.3. The van der Waals surface area contributed by atoms with E-state index in [-0.39, 0.29) is 17.4 Å². The number of amides is 1. The summed E-state index contributed by atoms with van der Waals surface area (Å²) in [6.45, 7) is 7.68. The molecule has 6 nitrogen and oxygen atoms in total. The van der Waals surface area contributed by atoms with Crippen LogP contribution in [0.25, 0.3) is 5.76 Å². The normalized spacial score (nSPS) is 17.6. The third-order valence-corrected chi connectivity index (χ3v) is 5.76. The van der Waals surface area contributed by atoms with Crippen molar-refractivity contribution >= 4 is 23.1 Å². The summed E-state index contributed by atoms with van der Waals surface area (Å²) >= 11 is 0. The Morgan fingerprint density at radius 2 is 1.82 bits per heavy atom. The van der Waals surface area contributed by atoms with E-state index in [9.17, 15) is 14.7 Å². The van der Waals surface area contributed by atoms with Gasteiger partial charge in [0.1, 0.15) is 11.5 Å². The number of hydrogen-bond acceptors (Lipinski definition) is 5. The van der Waals surface area contributed by atoms with Crippen LogP contribution < -0.4 is 9.64 Å². The number of anilines is 1. The number of aliphatic hydroxyl groups is 1. The molecule has 1 aliphatic rings. The van der Waals surface area contributed by atoms with Crippen LogP contribution in [0.2, 0.25) is 0 Å². The Morgan fingerprint density at radius 3 is 2.52 bits per heavy atom. The van der Waals surface area contributed by atoms with Crippen molar-refractivity contribution in [3.63, 3.8) is 0 Å². The van der Waals surface area contributed by atoms with E-state index in [0.717, 1.165) is 11.1 Å². The summed E-state index contributed by atoms with van der Waals surface area (Å²) in [4.78, 5) is 32.2. The fourth-order valence-corrected chi connectivity index (χ4v) is 4.08. The Morgan fingerprint density at radius 1 is 1.06 bits per heavy atom. The van der Waals surface area contributed by atoms with E-state index in [1.54, 1.807) is 48.8 Å². The number of Topliss-reactive ketones (excluding diaryl/α,β-unsaturated/α-hetero) is 1. The summed E-state index contributed by atoms with van der Waals surface area (Å²) in [5.74, 6) is -1.11. The third-order valence-electron chi connectivity index (χ3n) is 5.76. The topological polar surface area (TPSA) is 79.7 Å². The number of pyridine rings is 1.